The molecule has 2 heterocycles. The fourth-order valence-electron chi connectivity index (χ4n) is 3.27. The monoisotopic (exact) mass is 594 g/mol. The number of methoxy groups -OCH3 is 1. The van der Waals surface area contributed by atoms with Gasteiger partial charge in [0, 0.05) is 17.1 Å². The highest BCUT2D eigenvalue weighted by Crippen LogP contribution is 2.36. The van der Waals surface area contributed by atoms with E-state index in [4.69, 9.17) is 32.7 Å². The van der Waals surface area contributed by atoms with Crippen LogP contribution in [-0.4, -0.2) is 38.0 Å². The summed E-state index contributed by atoms with van der Waals surface area (Å²) >= 11 is 13.9. The Kier molecular flexibility index (Phi) is 8.66. The van der Waals surface area contributed by atoms with Crippen molar-refractivity contribution in [2.75, 3.05) is 13.7 Å². The van der Waals surface area contributed by atoms with E-state index in [9.17, 15) is 13.2 Å². The molecule has 1 aromatic heterocycles. The molecule has 2 aromatic carbocycles. The number of sulfonamides is 1. The van der Waals surface area contributed by atoms with Crippen molar-refractivity contribution in [3.05, 3.63) is 92.6 Å². The number of hydrogen-bond donors (Lipinski definition) is 0. The molecule has 1 fully saturated rings. The van der Waals surface area contributed by atoms with Crippen LogP contribution in [0.2, 0.25) is 9.36 Å². The number of thiophene rings is 1. The fraction of sp³-hybridized carbons (Fsp3) is 0.120. The molecule has 4 rings (SSSR count). The molecule has 1 saturated heterocycles. The van der Waals surface area contributed by atoms with Gasteiger partial charge in [-0.25, -0.2) is 0 Å². The highest BCUT2D eigenvalue weighted by atomic mass is 35.5. The molecule has 0 unspecified atom stereocenters. The topological polar surface area (TPSA) is 85.3 Å². The zero-order valence-corrected chi connectivity index (χ0v) is 23.3. The molecule has 37 heavy (non-hydrogen) atoms. The number of thioether (sulfide) groups is 1. The van der Waals surface area contributed by atoms with E-state index in [1.165, 1.54) is 30.2 Å². The number of halogens is 2. The van der Waals surface area contributed by atoms with Crippen LogP contribution in [-0.2, 0) is 21.4 Å². The lowest BCUT2D eigenvalue weighted by Gasteiger charge is -2.12. The van der Waals surface area contributed by atoms with Crippen molar-refractivity contribution in [3.63, 3.8) is 0 Å². The van der Waals surface area contributed by atoms with E-state index in [1.54, 1.807) is 30.3 Å². The molecule has 0 N–H and O–H groups in total. The Morgan fingerprint density at radius 2 is 1.89 bits per heavy atom. The third-order valence-corrected chi connectivity index (χ3v) is 9.48. The maximum absolute atomic E-state index is 13.1. The normalized spacial score (nSPS) is 16.0. The Morgan fingerprint density at radius 1 is 1.11 bits per heavy atom. The Balaban J connectivity index is 1.59. The molecule has 7 nitrogen and oxygen atoms in total. The van der Waals surface area contributed by atoms with Crippen molar-refractivity contribution in [2.24, 2.45) is 4.40 Å². The summed E-state index contributed by atoms with van der Waals surface area (Å²) in [6, 6.07) is 15.5. The highest BCUT2D eigenvalue weighted by molar-refractivity contribution is 8.19. The second-order valence-corrected chi connectivity index (χ2v) is 12.5. The van der Waals surface area contributed by atoms with E-state index in [0.29, 0.717) is 31.3 Å². The quantitative estimate of drug-likeness (QED) is 0.208. The van der Waals surface area contributed by atoms with Gasteiger partial charge in [0.1, 0.15) is 10.8 Å². The van der Waals surface area contributed by atoms with Crippen LogP contribution in [0, 0.1) is 0 Å². The Labute approximate surface area is 233 Å². The number of nitrogens with zero attached hydrogens (tertiary/aromatic N) is 2. The summed E-state index contributed by atoms with van der Waals surface area (Å²) in [6.45, 7) is 4.01. The molecular formula is C25H20Cl2N2O5S3. The minimum absolute atomic E-state index is 0.00820. The minimum Gasteiger partial charge on any atom is -0.493 e. The van der Waals surface area contributed by atoms with Gasteiger partial charge in [0.2, 0.25) is 0 Å². The van der Waals surface area contributed by atoms with Crippen molar-refractivity contribution in [3.8, 4) is 11.5 Å². The predicted octanol–water partition coefficient (Wildman–Crippen LogP) is 6.49. The molecule has 0 bridgehead atoms. The SMILES string of the molecule is C=CCN1C(=O)/C(=C/c2ccc(OCc3ccccc3Cl)c(OC)c2)SC1=NS(=O)(=O)c1ccc(Cl)s1. The van der Waals surface area contributed by atoms with Gasteiger partial charge in [-0.3, -0.25) is 9.69 Å². The third kappa shape index (κ3) is 6.39. The molecule has 0 atom stereocenters. The van der Waals surface area contributed by atoms with Crippen LogP contribution in [0.5, 0.6) is 11.5 Å². The Morgan fingerprint density at radius 3 is 2.57 bits per heavy atom. The van der Waals surface area contributed by atoms with Gasteiger partial charge in [-0.2, -0.15) is 8.42 Å². The third-order valence-electron chi connectivity index (χ3n) is 5.03. The number of ether oxygens (including phenoxy) is 2. The lowest BCUT2D eigenvalue weighted by molar-refractivity contribution is -0.121. The Hall–Kier alpha value is -2.76. The zero-order chi connectivity index (χ0) is 26.6. The summed E-state index contributed by atoms with van der Waals surface area (Å²) in [4.78, 5) is 14.6. The van der Waals surface area contributed by atoms with Crippen LogP contribution in [0.4, 0.5) is 0 Å². The van der Waals surface area contributed by atoms with E-state index in [1.807, 2.05) is 18.2 Å². The van der Waals surface area contributed by atoms with Crippen LogP contribution < -0.4 is 9.47 Å². The first-order chi connectivity index (χ1) is 17.7. The van der Waals surface area contributed by atoms with Gasteiger partial charge < -0.3 is 9.47 Å². The summed E-state index contributed by atoms with van der Waals surface area (Å²) in [7, 11) is -2.53. The number of carbonyl (C=O) groups is 1. The Bertz CT molecular complexity index is 1520. The van der Waals surface area contributed by atoms with Gasteiger partial charge in [0.15, 0.2) is 16.7 Å². The zero-order valence-electron chi connectivity index (χ0n) is 19.4. The van der Waals surface area contributed by atoms with E-state index >= 15 is 0 Å². The average Bonchev–Trinajstić information content (AvgIpc) is 3.43. The van der Waals surface area contributed by atoms with Crippen LogP contribution in [0.15, 0.2) is 80.8 Å². The van der Waals surface area contributed by atoms with Crippen molar-refractivity contribution in [1.29, 1.82) is 0 Å². The maximum atomic E-state index is 13.1. The van der Waals surface area contributed by atoms with Gasteiger partial charge in [0.05, 0.1) is 16.4 Å². The van der Waals surface area contributed by atoms with E-state index in [-0.39, 0.29) is 28.4 Å². The first-order valence-electron chi connectivity index (χ1n) is 10.7. The first kappa shape index (κ1) is 27.3. The number of rotatable bonds is 9. The molecule has 3 aromatic rings. The number of carbonyl (C=O) groups excluding carboxylic acids is 1. The molecule has 1 aliphatic heterocycles. The molecule has 0 radical (unpaired) electrons. The van der Waals surface area contributed by atoms with Crippen LogP contribution in [0.25, 0.3) is 6.08 Å². The van der Waals surface area contributed by atoms with Crippen LogP contribution in [0.3, 0.4) is 0 Å². The summed E-state index contributed by atoms with van der Waals surface area (Å²) in [6.07, 6.45) is 3.14. The standard InChI is InChI=1S/C25H20Cl2N2O5S3/c1-3-12-29-24(30)21(35-25(29)28-37(31,32)23-11-10-22(27)36-23)14-16-8-9-19(20(13-16)33-2)34-15-17-6-4-5-7-18(17)26/h3-11,13-14H,1,12,15H2,2H3/b21-14-,28-25?. The smallest absolute Gasteiger partial charge is 0.294 e. The second kappa shape index (κ2) is 11.7. The van der Waals surface area contributed by atoms with Crippen LogP contribution in [0.1, 0.15) is 11.1 Å². The summed E-state index contributed by atoms with van der Waals surface area (Å²) in [5.74, 6) is 0.582. The highest BCUT2D eigenvalue weighted by Gasteiger charge is 2.34. The number of hydrogen-bond acceptors (Lipinski definition) is 7. The lowest BCUT2D eigenvalue weighted by atomic mass is 10.1. The van der Waals surface area contributed by atoms with Crippen molar-refractivity contribution in [1.82, 2.24) is 4.90 Å². The number of amides is 1. The minimum atomic E-state index is -4.04. The number of amidine groups is 1. The molecule has 12 heteroatoms. The molecule has 0 spiro atoms. The van der Waals surface area contributed by atoms with Gasteiger partial charge in [-0.1, -0.05) is 53.5 Å². The van der Waals surface area contributed by atoms with E-state index in [0.717, 1.165) is 28.7 Å². The maximum Gasteiger partial charge on any atom is 0.294 e. The largest absolute Gasteiger partial charge is 0.493 e. The van der Waals surface area contributed by atoms with Gasteiger partial charge in [-0.05, 0) is 53.7 Å². The average molecular weight is 596 g/mol. The molecule has 1 aliphatic rings. The van der Waals surface area contributed by atoms with Gasteiger partial charge in [-0.15, -0.1) is 22.3 Å². The fourth-order valence-corrected chi connectivity index (χ4v) is 7.11. The van der Waals surface area contributed by atoms with E-state index in [2.05, 4.69) is 11.0 Å². The predicted molar refractivity (Wildman–Crippen MR) is 150 cm³/mol. The van der Waals surface area contributed by atoms with Crippen LogP contribution >= 0.6 is 46.3 Å². The van der Waals surface area contributed by atoms with Crippen molar-refractivity contribution < 1.29 is 22.7 Å². The molecule has 1 amide bonds. The van der Waals surface area contributed by atoms with Gasteiger partial charge >= 0.3 is 0 Å². The molecule has 0 aliphatic carbocycles. The number of benzene rings is 2. The summed E-state index contributed by atoms with van der Waals surface area (Å²) in [5, 5.41) is 0.637. The van der Waals surface area contributed by atoms with Gasteiger partial charge in [0.25, 0.3) is 15.9 Å². The summed E-state index contributed by atoms with van der Waals surface area (Å²) in [5.41, 5.74) is 1.49. The van der Waals surface area contributed by atoms with Crippen molar-refractivity contribution in [2.45, 2.75) is 10.8 Å². The molecular weight excluding hydrogens is 575 g/mol. The molecule has 0 saturated carbocycles. The first-order valence-corrected chi connectivity index (χ1v) is 14.5. The molecule has 192 valence electrons. The lowest BCUT2D eigenvalue weighted by Crippen LogP contribution is -2.29. The summed E-state index contributed by atoms with van der Waals surface area (Å²) < 4.78 is 41.1. The van der Waals surface area contributed by atoms with E-state index < -0.39 is 10.0 Å². The second-order valence-electron chi connectivity index (χ2n) is 7.51. The van der Waals surface area contributed by atoms with Crippen molar-refractivity contribution >= 4 is 73.5 Å².